The summed E-state index contributed by atoms with van der Waals surface area (Å²) in [4.78, 5) is 11.1. The monoisotopic (exact) mass is 253 g/mol. The topological polar surface area (TPSA) is 63.3 Å². The van der Waals surface area contributed by atoms with Crippen LogP contribution in [0.15, 0.2) is 22.7 Å². The maximum Gasteiger partial charge on any atom is 0.341 e. The second-order valence-electron chi connectivity index (χ2n) is 3.62. The molecule has 1 aromatic heterocycles. The highest BCUT2D eigenvalue weighted by Gasteiger charge is 2.22. The lowest BCUT2D eigenvalue weighted by Gasteiger charge is -1.99. The van der Waals surface area contributed by atoms with E-state index in [0.717, 1.165) is 12.1 Å². The lowest BCUT2D eigenvalue weighted by Crippen LogP contribution is -2.01. The van der Waals surface area contributed by atoms with Crippen LogP contribution >= 0.6 is 0 Å². The normalized spacial score (nSPS) is 10.6. The van der Waals surface area contributed by atoms with Crippen LogP contribution in [0.4, 0.5) is 8.78 Å². The summed E-state index contributed by atoms with van der Waals surface area (Å²) in [5, 5.41) is 12.7. The first-order chi connectivity index (χ1) is 8.54. The molecule has 1 N–H and O–H groups in total. The van der Waals surface area contributed by atoms with Crippen molar-refractivity contribution in [3.8, 4) is 11.3 Å². The minimum Gasteiger partial charge on any atom is -0.477 e. The molecular formula is C12H9F2NO3. The first-order valence-corrected chi connectivity index (χ1v) is 5.21. The van der Waals surface area contributed by atoms with Gasteiger partial charge in [0.25, 0.3) is 0 Å². The molecule has 6 heteroatoms. The Labute approximate surface area is 101 Å². The molecular weight excluding hydrogens is 244 g/mol. The lowest BCUT2D eigenvalue weighted by atomic mass is 10.1. The second-order valence-corrected chi connectivity index (χ2v) is 3.62. The van der Waals surface area contributed by atoms with Gasteiger partial charge in [-0.25, -0.2) is 13.6 Å². The van der Waals surface area contributed by atoms with Gasteiger partial charge in [0, 0.05) is 12.0 Å². The van der Waals surface area contributed by atoms with Crippen LogP contribution in [0.25, 0.3) is 11.3 Å². The van der Waals surface area contributed by atoms with Gasteiger partial charge in [0.15, 0.2) is 17.4 Å². The molecule has 0 aliphatic carbocycles. The van der Waals surface area contributed by atoms with Crippen LogP contribution in [0.1, 0.15) is 23.0 Å². The number of aromatic nitrogens is 1. The van der Waals surface area contributed by atoms with Crippen molar-refractivity contribution in [3.05, 3.63) is 41.2 Å². The zero-order chi connectivity index (χ0) is 13.3. The van der Waals surface area contributed by atoms with Gasteiger partial charge in [-0.15, -0.1) is 0 Å². The molecule has 18 heavy (non-hydrogen) atoms. The van der Waals surface area contributed by atoms with Crippen LogP contribution in [-0.2, 0) is 6.42 Å². The van der Waals surface area contributed by atoms with E-state index in [1.807, 2.05) is 0 Å². The number of aromatic carboxylic acids is 1. The number of carboxylic acid groups (broad SMARTS) is 1. The maximum atomic E-state index is 13.1. The molecule has 94 valence electrons. The van der Waals surface area contributed by atoms with Gasteiger partial charge in [0.05, 0.1) is 0 Å². The predicted octanol–water partition coefficient (Wildman–Crippen LogP) is 2.88. The molecule has 2 rings (SSSR count). The second kappa shape index (κ2) is 4.56. The summed E-state index contributed by atoms with van der Waals surface area (Å²) in [5.74, 6) is -3.09. The third-order valence-electron chi connectivity index (χ3n) is 2.49. The molecule has 4 nitrogen and oxygen atoms in total. The zero-order valence-electron chi connectivity index (χ0n) is 9.41. The summed E-state index contributed by atoms with van der Waals surface area (Å²) in [6.45, 7) is 1.71. The van der Waals surface area contributed by atoms with Crippen molar-refractivity contribution in [2.45, 2.75) is 13.3 Å². The summed E-state index contributed by atoms with van der Waals surface area (Å²) in [6, 6.07) is 3.05. The molecule has 1 heterocycles. The van der Waals surface area contributed by atoms with Gasteiger partial charge >= 0.3 is 5.97 Å². The highest BCUT2D eigenvalue weighted by atomic mass is 19.2. The summed E-state index contributed by atoms with van der Waals surface area (Å²) >= 11 is 0. The number of carboxylic acids is 1. The van der Waals surface area contributed by atoms with Crippen LogP contribution in [0.3, 0.4) is 0 Å². The molecule has 0 amide bonds. The third-order valence-corrected chi connectivity index (χ3v) is 2.49. The number of carbonyl (C=O) groups is 1. The third kappa shape index (κ3) is 1.97. The van der Waals surface area contributed by atoms with Crippen molar-refractivity contribution < 1.29 is 23.2 Å². The van der Waals surface area contributed by atoms with E-state index >= 15 is 0 Å². The van der Waals surface area contributed by atoms with Gasteiger partial charge in [-0.1, -0.05) is 12.1 Å². The van der Waals surface area contributed by atoms with Crippen molar-refractivity contribution >= 4 is 5.97 Å². The molecule has 0 saturated heterocycles. The fourth-order valence-electron chi connectivity index (χ4n) is 1.63. The van der Waals surface area contributed by atoms with Crippen molar-refractivity contribution in [1.29, 1.82) is 0 Å². The van der Waals surface area contributed by atoms with Crippen molar-refractivity contribution in [1.82, 2.24) is 5.16 Å². The summed E-state index contributed by atoms with van der Waals surface area (Å²) in [6.07, 6.45) is 0.346. The average molecular weight is 253 g/mol. The molecule has 0 unspecified atom stereocenters. The van der Waals surface area contributed by atoms with Crippen LogP contribution in [0.5, 0.6) is 0 Å². The molecule has 0 fully saturated rings. The van der Waals surface area contributed by atoms with Crippen molar-refractivity contribution in [2.75, 3.05) is 0 Å². The van der Waals surface area contributed by atoms with Gasteiger partial charge in [-0.05, 0) is 18.2 Å². The number of hydrogen-bond acceptors (Lipinski definition) is 3. The molecule has 0 saturated carbocycles. The molecule has 2 aromatic rings. The van der Waals surface area contributed by atoms with Crippen molar-refractivity contribution in [3.63, 3.8) is 0 Å². The highest BCUT2D eigenvalue weighted by Crippen LogP contribution is 2.27. The molecule has 0 atom stereocenters. The van der Waals surface area contributed by atoms with E-state index in [9.17, 15) is 13.6 Å². The minimum atomic E-state index is -1.21. The van der Waals surface area contributed by atoms with Crippen LogP contribution in [-0.4, -0.2) is 16.2 Å². The van der Waals surface area contributed by atoms with Gasteiger partial charge in [0.1, 0.15) is 11.3 Å². The Bertz CT molecular complexity index is 607. The summed E-state index contributed by atoms with van der Waals surface area (Å²) in [7, 11) is 0. The van der Waals surface area contributed by atoms with Gasteiger partial charge in [-0.3, -0.25) is 0 Å². The first-order valence-electron chi connectivity index (χ1n) is 5.21. The summed E-state index contributed by atoms with van der Waals surface area (Å²) in [5.41, 5.74) is 0.0384. The Hall–Kier alpha value is -2.24. The Morgan fingerprint density at radius 3 is 2.67 bits per heavy atom. The van der Waals surface area contributed by atoms with Gasteiger partial charge in [-0.2, -0.15) is 0 Å². The van der Waals surface area contributed by atoms with Crippen LogP contribution < -0.4 is 0 Å². The van der Waals surface area contributed by atoms with Crippen molar-refractivity contribution in [2.24, 2.45) is 0 Å². The minimum absolute atomic E-state index is 0.00162. The highest BCUT2D eigenvalue weighted by molar-refractivity contribution is 5.95. The van der Waals surface area contributed by atoms with E-state index < -0.39 is 17.6 Å². The number of benzene rings is 1. The lowest BCUT2D eigenvalue weighted by molar-refractivity contribution is 0.0695. The molecule has 0 radical (unpaired) electrons. The Morgan fingerprint density at radius 1 is 1.39 bits per heavy atom. The van der Waals surface area contributed by atoms with E-state index in [0.29, 0.717) is 6.42 Å². The molecule has 0 aliphatic rings. The van der Waals surface area contributed by atoms with E-state index in [1.54, 1.807) is 6.92 Å². The SMILES string of the molecule is CCc1onc(-c2ccc(F)c(F)c2)c1C(=O)O. The zero-order valence-corrected chi connectivity index (χ0v) is 9.41. The summed E-state index contributed by atoms with van der Waals surface area (Å²) < 4.78 is 30.8. The smallest absolute Gasteiger partial charge is 0.341 e. The quantitative estimate of drug-likeness (QED) is 0.913. The number of aryl methyl sites for hydroxylation is 1. The molecule has 1 aromatic carbocycles. The van der Waals surface area contributed by atoms with Crippen LogP contribution in [0.2, 0.25) is 0 Å². The number of hydrogen-bond donors (Lipinski definition) is 1. The Balaban J connectivity index is 2.60. The number of nitrogens with zero attached hydrogens (tertiary/aromatic N) is 1. The maximum absolute atomic E-state index is 13.1. The van der Waals surface area contributed by atoms with Gasteiger partial charge in [0.2, 0.25) is 0 Å². The number of halogens is 2. The Morgan fingerprint density at radius 2 is 2.11 bits per heavy atom. The average Bonchev–Trinajstić information content (AvgIpc) is 2.76. The van der Waals surface area contributed by atoms with E-state index in [-0.39, 0.29) is 22.6 Å². The number of rotatable bonds is 3. The van der Waals surface area contributed by atoms with Crippen LogP contribution in [0, 0.1) is 11.6 Å². The predicted molar refractivity (Wildman–Crippen MR) is 58.2 cm³/mol. The molecule has 0 bridgehead atoms. The molecule has 0 spiro atoms. The molecule has 0 aliphatic heterocycles. The van der Waals surface area contributed by atoms with E-state index in [1.165, 1.54) is 6.07 Å². The first kappa shape index (κ1) is 12.2. The van der Waals surface area contributed by atoms with Gasteiger partial charge < -0.3 is 9.63 Å². The standard InChI is InChI=1S/C12H9F2NO3/c1-2-9-10(12(16)17)11(15-18-9)6-3-4-7(13)8(14)5-6/h3-5H,2H2,1H3,(H,16,17). The van der Waals surface area contributed by atoms with E-state index in [2.05, 4.69) is 5.16 Å². The largest absolute Gasteiger partial charge is 0.477 e. The fraction of sp³-hybridized carbons (Fsp3) is 0.167. The fourth-order valence-corrected chi connectivity index (χ4v) is 1.63. The Kier molecular flexibility index (Phi) is 3.10. The van der Waals surface area contributed by atoms with E-state index in [4.69, 9.17) is 9.63 Å².